The minimum absolute atomic E-state index is 0.0146. The molecule has 0 aliphatic carbocycles. The predicted octanol–water partition coefficient (Wildman–Crippen LogP) is 4.65. The van der Waals surface area contributed by atoms with Crippen LogP contribution in [0.5, 0.6) is 0 Å². The largest absolute Gasteiger partial charge is 0.351 e. The van der Waals surface area contributed by atoms with Crippen LogP contribution in [0.15, 0.2) is 101 Å². The Balaban J connectivity index is 0.000000816. The van der Waals surface area contributed by atoms with Crippen molar-refractivity contribution < 1.29 is 28.8 Å². The topological polar surface area (TPSA) is 155 Å². The third-order valence-corrected chi connectivity index (χ3v) is 6.70. The number of nitrogens with zero attached hydrogens (tertiary/aromatic N) is 5. The number of carbonyl (C=O) groups is 6. The van der Waals surface area contributed by atoms with Crippen molar-refractivity contribution in [3.05, 3.63) is 101 Å². The summed E-state index contributed by atoms with van der Waals surface area (Å²) < 4.78 is 1.85. The number of aromatic amines is 1. The number of hydrogen-bond acceptors (Lipinski definition) is 8. The number of amides is 2. The Morgan fingerprint density at radius 3 is 1.38 bits per heavy atom. The van der Waals surface area contributed by atoms with Crippen LogP contribution in [0.2, 0.25) is 0 Å². The molecule has 0 radical (unpaired) electrons. The van der Waals surface area contributed by atoms with Gasteiger partial charge in [0.05, 0.1) is 12.7 Å². The van der Waals surface area contributed by atoms with Crippen LogP contribution in [0.4, 0.5) is 0 Å². The number of carbonyl (C=O) groups excluding carboxylic acids is 6. The zero-order chi connectivity index (χ0) is 36.0. The van der Waals surface area contributed by atoms with E-state index in [2.05, 4.69) is 47.8 Å². The molecule has 12 heteroatoms. The maximum absolute atomic E-state index is 12.4. The lowest BCUT2D eigenvalue weighted by Gasteiger charge is -2.22. The van der Waals surface area contributed by atoms with Crippen LogP contribution in [0, 0.1) is 0 Å². The molecule has 0 saturated carbocycles. The molecule has 0 spiro atoms. The third kappa shape index (κ3) is 22.3. The summed E-state index contributed by atoms with van der Waals surface area (Å²) in [7, 11) is 0. The van der Waals surface area contributed by atoms with E-state index in [9.17, 15) is 28.8 Å². The second kappa shape index (κ2) is 28.0. The second-order valence-electron chi connectivity index (χ2n) is 10.3. The lowest BCUT2D eigenvalue weighted by atomic mass is 10.1. The summed E-state index contributed by atoms with van der Waals surface area (Å²) >= 11 is 0. The minimum Gasteiger partial charge on any atom is -0.351 e. The van der Waals surface area contributed by atoms with Gasteiger partial charge < -0.3 is 19.4 Å². The van der Waals surface area contributed by atoms with Gasteiger partial charge in [0.15, 0.2) is 23.1 Å². The van der Waals surface area contributed by atoms with Gasteiger partial charge in [-0.25, -0.2) is 9.97 Å². The highest BCUT2D eigenvalue weighted by atomic mass is 16.2. The number of H-pyrrole nitrogens is 1. The SMILES string of the molecule is C=CC(=O)CCCN(CCCC(=O)C=C)C(=O)C=C.C=CC(=O)CCCN(CCCC(=O)C=C)C(=O)CCn1ccnc1.c1c[nH]cn1. The van der Waals surface area contributed by atoms with Crippen LogP contribution < -0.4 is 0 Å². The van der Waals surface area contributed by atoms with E-state index >= 15 is 0 Å². The molecule has 1 N–H and O–H groups in total. The fourth-order valence-electron chi connectivity index (χ4n) is 4.02. The zero-order valence-corrected chi connectivity index (χ0v) is 28.0. The highest BCUT2D eigenvalue weighted by Crippen LogP contribution is 2.06. The lowest BCUT2D eigenvalue weighted by Crippen LogP contribution is -2.34. The number of nitrogens with one attached hydrogen (secondary N) is 1. The molecule has 2 amide bonds. The second-order valence-corrected chi connectivity index (χ2v) is 10.3. The van der Waals surface area contributed by atoms with E-state index in [-0.39, 0.29) is 34.9 Å². The predicted molar refractivity (Wildman–Crippen MR) is 187 cm³/mol. The van der Waals surface area contributed by atoms with Crippen LogP contribution in [0.25, 0.3) is 0 Å². The molecular formula is C36H50N6O6. The van der Waals surface area contributed by atoms with E-state index in [0.717, 1.165) is 0 Å². The van der Waals surface area contributed by atoms with E-state index in [1.165, 1.54) is 30.4 Å². The van der Waals surface area contributed by atoms with Crippen molar-refractivity contribution in [1.82, 2.24) is 29.3 Å². The van der Waals surface area contributed by atoms with Gasteiger partial charge in [0.2, 0.25) is 11.8 Å². The summed E-state index contributed by atoms with van der Waals surface area (Å²) in [6.45, 7) is 19.6. The van der Waals surface area contributed by atoms with Crippen LogP contribution >= 0.6 is 0 Å². The van der Waals surface area contributed by atoms with Crippen LogP contribution in [0.3, 0.4) is 0 Å². The van der Waals surface area contributed by atoms with Crippen LogP contribution in [-0.2, 0) is 35.3 Å². The molecular weight excluding hydrogens is 612 g/mol. The van der Waals surface area contributed by atoms with Gasteiger partial charge in [-0.15, -0.1) is 0 Å². The Morgan fingerprint density at radius 2 is 1.06 bits per heavy atom. The molecule has 0 aliphatic rings. The Bertz CT molecular complexity index is 1230. The summed E-state index contributed by atoms with van der Waals surface area (Å²) in [5.74, 6) is -0.288. The number of allylic oxidation sites excluding steroid dienone is 4. The molecule has 0 bridgehead atoms. The van der Waals surface area contributed by atoms with Gasteiger partial charge in [0.1, 0.15) is 0 Å². The Hall–Kier alpha value is -5.26. The Morgan fingerprint density at radius 1 is 0.604 bits per heavy atom. The third-order valence-electron chi connectivity index (χ3n) is 6.70. The summed E-state index contributed by atoms with van der Waals surface area (Å²) in [6, 6.07) is 0. The fourth-order valence-corrected chi connectivity index (χ4v) is 4.02. The molecule has 0 unspecified atom stereocenters. The number of ketones is 4. The van der Waals surface area contributed by atoms with Crippen molar-refractivity contribution in [2.24, 2.45) is 0 Å². The summed E-state index contributed by atoms with van der Waals surface area (Å²) in [6.07, 6.45) is 20.8. The standard InChI is InChI=1S/C18H25N3O3.C15H21NO3.C3H4N2/c1-3-16(22)7-5-11-21(12-6-8-17(23)4-2)18(24)9-13-20-14-10-19-15-20;1-4-13(17)9-7-11-16(15(19)6-3)12-8-10-14(18)5-2;1-2-5-3-4-1/h3-4,10,14-15H,1-2,5-9,11-13H2;4-6H,1-3,7-12H2;1-3H,(H,4,5). The number of aromatic nitrogens is 4. The number of hydrogen-bond donors (Lipinski definition) is 1. The number of imidazole rings is 2. The van der Waals surface area contributed by atoms with Gasteiger partial charge in [-0.2, -0.15) is 0 Å². The highest BCUT2D eigenvalue weighted by Gasteiger charge is 2.14. The normalized spacial score (nSPS) is 9.67. The van der Waals surface area contributed by atoms with Crippen molar-refractivity contribution in [3.8, 4) is 0 Å². The minimum atomic E-state index is -0.183. The Labute approximate surface area is 284 Å². The fraction of sp³-hybridized carbons (Fsp3) is 0.389. The van der Waals surface area contributed by atoms with Crippen molar-refractivity contribution in [1.29, 1.82) is 0 Å². The number of aryl methyl sites for hydroxylation is 1. The smallest absolute Gasteiger partial charge is 0.245 e. The molecule has 0 saturated heterocycles. The van der Waals surface area contributed by atoms with E-state index in [1.54, 1.807) is 41.0 Å². The van der Waals surface area contributed by atoms with E-state index in [4.69, 9.17) is 0 Å². The van der Waals surface area contributed by atoms with Gasteiger partial charge in [-0.3, -0.25) is 28.8 Å². The summed E-state index contributed by atoms with van der Waals surface area (Å²) in [5, 5.41) is 0. The van der Waals surface area contributed by atoms with Crippen LogP contribution in [-0.4, -0.2) is 90.4 Å². The highest BCUT2D eigenvalue weighted by molar-refractivity contribution is 5.90. The van der Waals surface area contributed by atoms with E-state index < -0.39 is 0 Å². The van der Waals surface area contributed by atoms with Crippen molar-refractivity contribution in [3.63, 3.8) is 0 Å². The number of rotatable bonds is 24. The molecule has 2 heterocycles. The Kier molecular flexibility index (Phi) is 24.9. The monoisotopic (exact) mass is 662 g/mol. The van der Waals surface area contributed by atoms with Crippen molar-refractivity contribution in [2.45, 2.75) is 64.3 Å². The average molecular weight is 663 g/mol. The van der Waals surface area contributed by atoms with Gasteiger partial charge >= 0.3 is 0 Å². The molecule has 2 rings (SSSR count). The van der Waals surface area contributed by atoms with E-state index in [0.29, 0.717) is 90.5 Å². The zero-order valence-electron chi connectivity index (χ0n) is 28.0. The molecule has 260 valence electrons. The molecule has 2 aromatic rings. The summed E-state index contributed by atoms with van der Waals surface area (Å²) in [4.78, 5) is 82.4. The van der Waals surface area contributed by atoms with Crippen LogP contribution in [0.1, 0.15) is 57.8 Å². The average Bonchev–Trinajstić information content (AvgIpc) is 3.87. The van der Waals surface area contributed by atoms with Gasteiger partial charge in [-0.05, 0) is 56.1 Å². The lowest BCUT2D eigenvalue weighted by molar-refractivity contribution is -0.132. The maximum Gasteiger partial charge on any atom is 0.245 e. The van der Waals surface area contributed by atoms with E-state index in [1.807, 2.05) is 10.8 Å². The van der Waals surface area contributed by atoms with Gasteiger partial charge in [0.25, 0.3) is 0 Å². The summed E-state index contributed by atoms with van der Waals surface area (Å²) in [5.41, 5.74) is 0. The molecule has 0 atom stereocenters. The molecule has 0 aliphatic heterocycles. The molecule has 48 heavy (non-hydrogen) atoms. The molecule has 12 nitrogen and oxygen atoms in total. The first-order valence-corrected chi connectivity index (χ1v) is 15.8. The van der Waals surface area contributed by atoms with Crippen molar-refractivity contribution in [2.75, 3.05) is 26.2 Å². The maximum atomic E-state index is 12.4. The van der Waals surface area contributed by atoms with Gasteiger partial charge in [0, 0.05) is 89.6 Å². The first kappa shape index (κ1) is 42.7. The van der Waals surface area contributed by atoms with Gasteiger partial charge in [-0.1, -0.05) is 32.9 Å². The quantitative estimate of drug-likeness (QED) is 0.159. The molecule has 0 fully saturated rings. The van der Waals surface area contributed by atoms with Crippen molar-refractivity contribution >= 4 is 34.9 Å². The molecule has 2 aromatic heterocycles. The first-order chi connectivity index (χ1) is 23.1. The molecule has 0 aromatic carbocycles. The first-order valence-electron chi connectivity index (χ1n) is 15.8.